The highest BCUT2D eigenvalue weighted by molar-refractivity contribution is 9.11. The lowest BCUT2D eigenvalue weighted by Gasteiger charge is -2.13. The van der Waals surface area contributed by atoms with E-state index in [1.54, 1.807) is 11.3 Å². The molecular weight excluding hydrogens is 404 g/mol. The standard InChI is InChI=1S/C18H17BrN2O3S/c1-10(2)20-18(22)13-6-16-12(7-17(19)25-16)21(13)8-11-3-4-14-15(5-11)24-9-23-14/h3-7,10H,8-9H2,1-2H3,(H,20,22). The second-order valence-electron chi connectivity index (χ2n) is 6.23. The Labute approximate surface area is 157 Å². The summed E-state index contributed by atoms with van der Waals surface area (Å²) in [6.45, 7) is 4.76. The van der Waals surface area contributed by atoms with E-state index in [-0.39, 0.29) is 18.7 Å². The molecule has 0 saturated heterocycles. The Morgan fingerprint density at radius 3 is 2.88 bits per heavy atom. The van der Waals surface area contributed by atoms with Gasteiger partial charge in [0.2, 0.25) is 6.79 Å². The summed E-state index contributed by atoms with van der Waals surface area (Å²) < 4.78 is 15.0. The Bertz CT molecular complexity index is 961. The minimum absolute atomic E-state index is 0.0599. The number of carbonyl (C=O) groups is 1. The molecule has 1 aliphatic rings. The van der Waals surface area contributed by atoms with Gasteiger partial charge in [-0.1, -0.05) is 6.07 Å². The van der Waals surface area contributed by atoms with Crippen LogP contribution in [0.25, 0.3) is 10.2 Å². The number of aromatic nitrogens is 1. The lowest BCUT2D eigenvalue weighted by molar-refractivity contribution is 0.0934. The summed E-state index contributed by atoms with van der Waals surface area (Å²) >= 11 is 5.16. The molecule has 0 spiro atoms. The van der Waals surface area contributed by atoms with E-state index in [9.17, 15) is 4.79 Å². The fraction of sp³-hybridized carbons (Fsp3) is 0.278. The maximum atomic E-state index is 12.6. The van der Waals surface area contributed by atoms with Crippen molar-refractivity contribution in [1.29, 1.82) is 0 Å². The highest BCUT2D eigenvalue weighted by Crippen LogP contribution is 2.35. The first kappa shape index (κ1) is 16.5. The number of carbonyl (C=O) groups excluding carboxylic acids is 1. The maximum Gasteiger partial charge on any atom is 0.268 e. The van der Waals surface area contributed by atoms with Crippen molar-refractivity contribution in [3.63, 3.8) is 0 Å². The molecule has 3 aromatic rings. The highest BCUT2D eigenvalue weighted by Gasteiger charge is 2.19. The average Bonchev–Trinajstić information content (AvgIpc) is 3.21. The second kappa shape index (κ2) is 6.38. The molecule has 1 aliphatic heterocycles. The summed E-state index contributed by atoms with van der Waals surface area (Å²) in [5.74, 6) is 1.45. The van der Waals surface area contributed by atoms with Gasteiger partial charge < -0.3 is 19.4 Å². The van der Waals surface area contributed by atoms with Crippen LogP contribution in [0.5, 0.6) is 11.5 Å². The number of hydrogen-bond donors (Lipinski definition) is 1. The Balaban J connectivity index is 1.74. The third-order valence-electron chi connectivity index (χ3n) is 3.99. The van der Waals surface area contributed by atoms with Crippen LogP contribution in [0.1, 0.15) is 29.9 Å². The predicted octanol–water partition coefficient (Wildman–Crippen LogP) is 4.38. The van der Waals surface area contributed by atoms with Crippen molar-refractivity contribution in [3.8, 4) is 11.5 Å². The first-order valence-corrected chi connectivity index (χ1v) is 9.60. The molecule has 1 N–H and O–H groups in total. The molecule has 7 heteroatoms. The molecule has 0 unspecified atom stereocenters. The van der Waals surface area contributed by atoms with Crippen LogP contribution in [0.15, 0.2) is 34.1 Å². The van der Waals surface area contributed by atoms with Gasteiger partial charge in [-0.3, -0.25) is 4.79 Å². The van der Waals surface area contributed by atoms with Gasteiger partial charge in [0.1, 0.15) is 5.69 Å². The van der Waals surface area contributed by atoms with Gasteiger partial charge in [-0.05, 0) is 59.6 Å². The van der Waals surface area contributed by atoms with Crippen LogP contribution < -0.4 is 14.8 Å². The molecule has 1 amide bonds. The molecule has 0 aliphatic carbocycles. The summed E-state index contributed by atoms with van der Waals surface area (Å²) in [5, 5.41) is 2.98. The number of thiophene rings is 1. The average molecular weight is 421 g/mol. The third kappa shape index (κ3) is 3.14. The molecular formula is C18H17BrN2O3S. The number of amides is 1. The van der Waals surface area contributed by atoms with Crippen LogP contribution in [0, 0.1) is 0 Å². The van der Waals surface area contributed by atoms with E-state index in [4.69, 9.17) is 9.47 Å². The molecule has 0 atom stereocenters. The molecule has 1 aromatic carbocycles. The van der Waals surface area contributed by atoms with Crippen molar-refractivity contribution in [2.45, 2.75) is 26.4 Å². The normalized spacial score (nSPS) is 13.0. The highest BCUT2D eigenvalue weighted by atomic mass is 79.9. The molecule has 130 valence electrons. The molecule has 5 nitrogen and oxygen atoms in total. The molecule has 3 heterocycles. The van der Waals surface area contributed by atoms with Crippen LogP contribution in [0.4, 0.5) is 0 Å². The van der Waals surface area contributed by atoms with Crippen molar-refractivity contribution >= 4 is 43.4 Å². The number of hydrogen-bond acceptors (Lipinski definition) is 4. The Hall–Kier alpha value is -1.99. The van der Waals surface area contributed by atoms with Crippen molar-refractivity contribution in [1.82, 2.24) is 9.88 Å². The first-order chi connectivity index (χ1) is 12.0. The molecule has 25 heavy (non-hydrogen) atoms. The first-order valence-electron chi connectivity index (χ1n) is 7.99. The zero-order valence-corrected chi connectivity index (χ0v) is 16.2. The van der Waals surface area contributed by atoms with E-state index >= 15 is 0 Å². The minimum atomic E-state index is -0.0599. The Morgan fingerprint density at radius 1 is 1.28 bits per heavy atom. The smallest absolute Gasteiger partial charge is 0.268 e. The van der Waals surface area contributed by atoms with Gasteiger partial charge in [0.15, 0.2) is 11.5 Å². The monoisotopic (exact) mass is 420 g/mol. The van der Waals surface area contributed by atoms with Gasteiger partial charge in [-0.25, -0.2) is 0 Å². The summed E-state index contributed by atoms with van der Waals surface area (Å²) in [4.78, 5) is 12.6. The summed E-state index contributed by atoms with van der Waals surface area (Å²) in [6, 6.07) is 9.99. The van der Waals surface area contributed by atoms with Crippen LogP contribution in [0.3, 0.4) is 0 Å². The van der Waals surface area contributed by atoms with Gasteiger partial charge in [0, 0.05) is 12.6 Å². The van der Waals surface area contributed by atoms with Gasteiger partial charge in [-0.15, -0.1) is 11.3 Å². The summed E-state index contributed by atoms with van der Waals surface area (Å²) in [7, 11) is 0. The van der Waals surface area contributed by atoms with Crippen molar-refractivity contribution in [2.24, 2.45) is 0 Å². The third-order valence-corrected chi connectivity index (χ3v) is 5.56. The zero-order chi connectivity index (χ0) is 17.6. The quantitative estimate of drug-likeness (QED) is 0.680. The van der Waals surface area contributed by atoms with E-state index in [0.717, 1.165) is 31.1 Å². The Kier molecular flexibility index (Phi) is 4.21. The van der Waals surface area contributed by atoms with Crippen molar-refractivity contribution < 1.29 is 14.3 Å². The van der Waals surface area contributed by atoms with E-state index in [0.29, 0.717) is 12.2 Å². The van der Waals surface area contributed by atoms with Crippen LogP contribution in [-0.4, -0.2) is 23.3 Å². The lowest BCUT2D eigenvalue weighted by Crippen LogP contribution is -2.31. The molecule has 2 aromatic heterocycles. The Morgan fingerprint density at radius 2 is 2.08 bits per heavy atom. The number of benzene rings is 1. The lowest BCUT2D eigenvalue weighted by atomic mass is 10.2. The van der Waals surface area contributed by atoms with Gasteiger partial charge >= 0.3 is 0 Å². The largest absolute Gasteiger partial charge is 0.454 e. The number of ether oxygens (including phenoxy) is 2. The number of rotatable bonds is 4. The number of nitrogens with zero attached hydrogens (tertiary/aromatic N) is 1. The zero-order valence-electron chi connectivity index (χ0n) is 13.8. The molecule has 0 bridgehead atoms. The molecule has 0 radical (unpaired) electrons. The predicted molar refractivity (Wildman–Crippen MR) is 102 cm³/mol. The minimum Gasteiger partial charge on any atom is -0.454 e. The van der Waals surface area contributed by atoms with Gasteiger partial charge in [-0.2, -0.15) is 0 Å². The van der Waals surface area contributed by atoms with Crippen LogP contribution in [0.2, 0.25) is 0 Å². The van der Waals surface area contributed by atoms with Crippen LogP contribution in [-0.2, 0) is 6.54 Å². The fourth-order valence-corrected chi connectivity index (χ4v) is 4.49. The van der Waals surface area contributed by atoms with Crippen molar-refractivity contribution in [2.75, 3.05) is 6.79 Å². The van der Waals surface area contributed by atoms with E-state index in [1.807, 2.05) is 42.7 Å². The number of nitrogens with one attached hydrogen (secondary N) is 1. The maximum absolute atomic E-state index is 12.6. The van der Waals surface area contributed by atoms with E-state index < -0.39 is 0 Å². The van der Waals surface area contributed by atoms with E-state index in [2.05, 4.69) is 27.3 Å². The van der Waals surface area contributed by atoms with Crippen LogP contribution >= 0.6 is 27.3 Å². The van der Waals surface area contributed by atoms with E-state index in [1.165, 1.54) is 0 Å². The SMILES string of the molecule is CC(C)NC(=O)c1cc2sc(Br)cc2n1Cc1ccc2c(c1)OCO2. The summed E-state index contributed by atoms with van der Waals surface area (Å²) in [5.41, 5.74) is 2.77. The number of fused-ring (bicyclic) bond motifs is 2. The topological polar surface area (TPSA) is 52.5 Å². The molecule has 0 fully saturated rings. The van der Waals surface area contributed by atoms with Crippen molar-refractivity contribution in [3.05, 3.63) is 45.4 Å². The molecule has 4 rings (SSSR count). The molecule has 0 saturated carbocycles. The fourth-order valence-electron chi connectivity index (χ4n) is 2.93. The summed E-state index contributed by atoms with van der Waals surface area (Å²) in [6.07, 6.45) is 0. The van der Waals surface area contributed by atoms with Gasteiger partial charge in [0.05, 0.1) is 14.0 Å². The number of halogens is 1. The van der Waals surface area contributed by atoms with Gasteiger partial charge in [0.25, 0.3) is 5.91 Å². The second-order valence-corrected chi connectivity index (χ2v) is 8.69.